The first-order valence-electron chi connectivity index (χ1n) is 5.27. The maximum Gasteiger partial charge on any atom is 0.243 e. The van der Waals surface area contributed by atoms with Gasteiger partial charge in [-0.25, -0.2) is 4.98 Å². The molecule has 0 aliphatic heterocycles. The van der Waals surface area contributed by atoms with Crippen LogP contribution < -0.4 is 11.1 Å². The number of rotatable bonds is 4. The van der Waals surface area contributed by atoms with Gasteiger partial charge in [-0.3, -0.25) is 4.79 Å². The predicted octanol–water partition coefficient (Wildman–Crippen LogP) is 2.67. The number of aryl methyl sites for hydroxylation is 1. The van der Waals surface area contributed by atoms with E-state index < -0.39 is 6.04 Å². The smallest absolute Gasteiger partial charge is 0.243 e. The number of thiophene rings is 1. The Labute approximate surface area is 118 Å². The molecule has 0 unspecified atom stereocenters. The first kappa shape index (κ1) is 13.5. The Morgan fingerprint density at radius 1 is 1.61 bits per heavy atom. The van der Waals surface area contributed by atoms with E-state index in [4.69, 9.17) is 17.3 Å². The van der Waals surface area contributed by atoms with E-state index in [0.29, 0.717) is 15.9 Å². The van der Waals surface area contributed by atoms with Crippen LogP contribution in [-0.2, 0) is 11.2 Å². The SMILES string of the molecule is Cc1csc(NC(=O)[C@@H](N)Cc2ccc(Cl)s2)n1. The molecule has 0 aliphatic carbocycles. The second-order valence-electron chi connectivity index (χ2n) is 3.80. The van der Waals surface area contributed by atoms with Gasteiger partial charge in [0.05, 0.1) is 16.1 Å². The molecular formula is C11H12ClN3OS2. The van der Waals surface area contributed by atoms with Gasteiger partial charge in [-0.15, -0.1) is 22.7 Å². The maximum absolute atomic E-state index is 11.8. The van der Waals surface area contributed by atoms with Crippen molar-refractivity contribution >= 4 is 45.3 Å². The lowest BCUT2D eigenvalue weighted by Gasteiger charge is -2.09. The van der Waals surface area contributed by atoms with E-state index in [1.807, 2.05) is 18.4 Å². The van der Waals surface area contributed by atoms with Gasteiger partial charge in [0.2, 0.25) is 5.91 Å². The van der Waals surface area contributed by atoms with Crippen LogP contribution in [0.2, 0.25) is 4.34 Å². The Bertz CT molecular complexity index is 552. The van der Waals surface area contributed by atoms with E-state index in [0.717, 1.165) is 10.6 Å². The summed E-state index contributed by atoms with van der Waals surface area (Å²) < 4.78 is 0.702. The molecule has 7 heteroatoms. The summed E-state index contributed by atoms with van der Waals surface area (Å²) in [6, 6.07) is 3.09. The number of nitrogens with one attached hydrogen (secondary N) is 1. The third-order valence-electron chi connectivity index (χ3n) is 2.24. The Hall–Kier alpha value is -0.950. The van der Waals surface area contributed by atoms with E-state index in [2.05, 4.69) is 10.3 Å². The number of thiazole rings is 1. The maximum atomic E-state index is 11.8. The number of halogens is 1. The van der Waals surface area contributed by atoms with Crippen molar-refractivity contribution in [2.24, 2.45) is 5.73 Å². The molecule has 0 fully saturated rings. The Morgan fingerprint density at radius 3 is 2.94 bits per heavy atom. The molecule has 0 radical (unpaired) electrons. The summed E-state index contributed by atoms with van der Waals surface area (Å²) >= 11 is 8.65. The number of aromatic nitrogens is 1. The summed E-state index contributed by atoms with van der Waals surface area (Å²) in [5, 5.41) is 5.16. The van der Waals surface area contributed by atoms with Crippen LogP contribution in [0.1, 0.15) is 10.6 Å². The van der Waals surface area contributed by atoms with Gasteiger partial charge >= 0.3 is 0 Å². The zero-order valence-electron chi connectivity index (χ0n) is 9.64. The van der Waals surface area contributed by atoms with Crippen LogP contribution in [0.5, 0.6) is 0 Å². The Morgan fingerprint density at radius 2 is 2.39 bits per heavy atom. The van der Waals surface area contributed by atoms with Crippen LogP contribution in [0.4, 0.5) is 5.13 Å². The second kappa shape index (κ2) is 5.79. The van der Waals surface area contributed by atoms with Crippen molar-refractivity contribution in [3.05, 3.63) is 32.4 Å². The highest BCUT2D eigenvalue weighted by Crippen LogP contribution is 2.22. The van der Waals surface area contributed by atoms with E-state index in [9.17, 15) is 4.79 Å². The average Bonchev–Trinajstić information content (AvgIpc) is 2.88. The molecule has 0 aliphatic rings. The summed E-state index contributed by atoms with van der Waals surface area (Å²) in [4.78, 5) is 17.0. The predicted molar refractivity (Wildman–Crippen MR) is 76.5 cm³/mol. The van der Waals surface area contributed by atoms with Crippen molar-refractivity contribution in [1.29, 1.82) is 0 Å². The molecule has 1 amide bonds. The first-order valence-corrected chi connectivity index (χ1v) is 7.35. The first-order chi connectivity index (χ1) is 8.54. The van der Waals surface area contributed by atoms with Crippen molar-refractivity contribution in [3.63, 3.8) is 0 Å². The van der Waals surface area contributed by atoms with Gasteiger partial charge in [0.25, 0.3) is 0 Å². The van der Waals surface area contributed by atoms with Crippen LogP contribution in [-0.4, -0.2) is 16.9 Å². The highest BCUT2D eigenvalue weighted by Gasteiger charge is 2.16. The van der Waals surface area contributed by atoms with Crippen LogP contribution in [0.25, 0.3) is 0 Å². The Balaban J connectivity index is 1.92. The van der Waals surface area contributed by atoms with Crippen LogP contribution in [0.15, 0.2) is 17.5 Å². The lowest BCUT2D eigenvalue weighted by molar-refractivity contribution is -0.117. The summed E-state index contributed by atoms with van der Waals surface area (Å²) in [5.41, 5.74) is 6.72. The fourth-order valence-corrected chi connectivity index (χ4v) is 3.22. The zero-order valence-corrected chi connectivity index (χ0v) is 12.0. The molecule has 4 nitrogen and oxygen atoms in total. The van der Waals surface area contributed by atoms with Crippen LogP contribution in [0, 0.1) is 6.92 Å². The number of amides is 1. The van der Waals surface area contributed by atoms with Gasteiger partial charge in [-0.2, -0.15) is 0 Å². The molecule has 2 heterocycles. The highest BCUT2D eigenvalue weighted by atomic mass is 35.5. The van der Waals surface area contributed by atoms with E-state index in [-0.39, 0.29) is 5.91 Å². The molecule has 0 saturated heterocycles. The number of carbonyl (C=O) groups excluding carboxylic acids is 1. The average molecular weight is 302 g/mol. The molecule has 0 spiro atoms. The van der Waals surface area contributed by atoms with Gasteiger partial charge in [0.15, 0.2) is 5.13 Å². The molecule has 2 aromatic rings. The minimum atomic E-state index is -0.594. The lowest BCUT2D eigenvalue weighted by atomic mass is 10.2. The fraction of sp³-hybridized carbons (Fsp3) is 0.273. The monoisotopic (exact) mass is 301 g/mol. The van der Waals surface area contributed by atoms with E-state index in [1.54, 1.807) is 6.07 Å². The number of nitrogens with zero attached hydrogens (tertiary/aromatic N) is 1. The molecule has 0 bridgehead atoms. The van der Waals surface area contributed by atoms with Crippen molar-refractivity contribution in [2.45, 2.75) is 19.4 Å². The van der Waals surface area contributed by atoms with Gasteiger partial charge in [0, 0.05) is 16.7 Å². The molecule has 0 aromatic carbocycles. The van der Waals surface area contributed by atoms with Gasteiger partial charge in [-0.1, -0.05) is 11.6 Å². The normalized spacial score (nSPS) is 12.4. The summed E-state index contributed by atoms with van der Waals surface area (Å²) in [6.45, 7) is 1.87. The summed E-state index contributed by atoms with van der Waals surface area (Å²) in [6.07, 6.45) is 0.480. The van der Waals surface area contributed by atoms with Crippen molar-refractivity contribution in [1.82, 2.24) is 4.98 Å². The molecule has 3 N–H and O–H groups in total. The second-order valence-corrected chi connectivity index (χ2v) is 6.46. The van der Waals surface area contributed by atoms with Gasteiger partial charge in [0.1, 0.15) is 0 Å². The van der Waals surface area contributed by atoms with Crippen molar-refractivity contribution in [3.8, 4) is 0 Å². The third kappa shape index (κ3) is 3.52. The molecule has 18 heavy (non-hydrogen) atoms. The number of carbonyl (C=O) groups is 1. The molecule has 1 atom stereocenters. The van der Waals surface area contributed by atoms with E-state index in [1.165, 1.54) is 22.7 Å². The third-order valence-corrected chi connectivity index (χ3v) is 4.36. The van der Waals surface area contributed by atoms with Crippen molar-refractivity contribution in [2.75, 3.05) is 5.32 Å². The topological polar surface area (TPSA) is 68.0 Å². The van der Waals surface area contributed by atoms with Crippen molar-refractivity contribution < 1.29 is 4.79 Å². The van der Waals surface area contributed by atoms with Gasteiger partial charge in [-0.05, 0) is 19.1 Å². The number of nitrogens with two attached hydrogens (primary N) is 1. The molecule has 96 valence electrons. The summed E-state index contributed by atoms with van der Waals surface area (Å²) in [7, 11) is 0. The summed E-state index contributed by atoms with van der Waals surface area (Å²) in [5.74, 6) is -0.228. The van der Waals surface area contributed by atoms with E-state index >= 15 is 0 Å². The van der Waals surface area contributed by atoms with Crippen LogP contribution >= 0.6 is 34.3 Å². The van der Waals surface area contributed by atoms with Crippen LogP contribution in [0.3, 0.4) is 0 Å². The highest BCUT2D eigenvalue weighted by molar-refractivity contribution is 7.16. The number of hydrogen-bond acceptors (Lipinski definition) is 5. The quantitative estimate of drug-likeness (QED) is 0.912. The standard InChI is InChI=1S/C11H12ClN3OS2/c1-6-5-17-11(14-6)15-10(16)8(13)4-7-2-3-9(12)18-7/h2-3,5,8H,4,13H2,1H3,(H,14,15,16)/t8-/m0/s1. The van der Waals surface area contributed by atoms with Gasteiger partial charge < -0.3 is 11.1 Å². The zero-order chi connectivity index (χ0) is 13.1. The molecule has 2 aromatic heterocycles. The largest absolute Gasteiger partial charge is 0.320 e. The Kier molecular flexibility index (Phi) is 4.34. The molecule has 2 rings (SSSR count). The lowest BCUT2D eigenvalue weighted by Crippen LogP contribution is -2.37. The fourth-order valence-electron chi connectivity index (χ4n) is 1.38. The molecule has 0 saturated carbocycles. The number of anilines is 1. The minimum absolute atomic E-state index is 0.228. The molecular weight excluding hydrogens is 290 g/mol. The number of hydrogen-bond donors (Lipinski definition) is 2. The minimum Gasteiger partial charge on any atom is -0.320 e.